The summed E-state index contributed by atoms with van der Waals surface area (Å²) in [5.41, 5.74) is 3.54. The fourth-order valence-corrected chi connectivity index (χ4v) is 2.60. The first-order valence-electron chi connectivity index (χ1n) is 8.62. The average Bonchev–Trinajstić information content (AvgIpc) is 2.64. The number of hydrogen-bond donors (Lipinski definition) is 3. The molecule has 0 bridgehead atoms. The summed E-state index contributed by atoms with van der Waals surface area (Å²) < 4.78 is 5.06. The maximum absolute atomic E-state index is 9.86. The normalized spacial score (nSPS) is 10.8. The van der Waals surface area contributed by atoms with Crippen LogP contribution in [0.4, 0.5) is 0 Å². The summed E-state index contributed by atoms with van der Waals surface area (Å²) in [6.07, 6.45) is 1.01. The van der Waals surface area contributed by atoms with Gasteiger partial charge in [-0.1, -0.05) is 37.3 Å². The van der Waals surface area contributed by atoms with Gasteiger partial charge in [0.2, 0.25) is 0 Å². The van der Waals surface area contributed by atoms with E-state index >= 15 is 0 Å². The van der Waals surface area contributed by atoms with Crippen LogP contribution in [0.25, 0.3) is 0 Å². The number of rotatable bonds is 7. The minimum Gasteiger partial charge on any atom is -0.504 e. The van der Waals surface area contributed by atoms with Crippen molar-refractivity contribution in [2.75, 3.05) is 13.7 Å². The van der Waals surface area contributed by atoms with E-state index in [0.29, 0.717) is 12.3 Å². The van der Waals surface area contributed by atoms with Crippen LogP contribution in [0.1, 0.15) is 30.5 Å². The van der Waals surface area contributed by atoms with E-state index in [4.69, 9.17) is 4.74 Å². The van der Waals surface area contributed by atoms with Crippen LogP contribution < -0.4 is 15.4 Å². The smallest absolute Gasteiger partial charge is 0.191 e. The molecular weight excluding hydrogens is 441 g/mol. The molecule has 3 N–H and O–H groups in total. The number of nitrogens with zero attached hydrogens (tertiary/aromatic N) is 1. The minimum atomic E-state index is 0. The Hall–Kier alpha value is -1.96. The van der Waals surface area contributed by atoms with Gasteiger partial charge < -0.3 is 20.5 Å². The molecule has 0 aliphatic rings. The minimum absolute atomic E-state index is 0. The summed E-state index contributed by atoms with van der Waals surface area (Å²) in [5.74, 6) is 1.35. The Balaban J connectivity index is 0.00000338. The van der Waals surface area contributed by atoms with Gasteiger partial charge in [-0.15, -0.1) is 24.0 Å². The molecule has 0 saturated carbocycles. The molecule has 0 radical (unpaired) electrons. The van der Waals surface area contributed by atoms with Gasteiger partial charge in [0.05, 0.1) is 13.7 Å². The quantitative estimate of drug-likeness (QED) is 0.328. The van der Waals surface area contributed by atoms with Gasteiger partial charge in [-0.05, 0) is 42.2 Å². The highest BCUT2D eigenvalue weighted by atomic mass is 127. The summed E-state index contributed by atoms with van der Waals surface area (Å²) in [6.45, 7) is 6.19. The molecule has 0 aliphatic carbocycles. The van der Waals surface area contributed by atoms with Crippen LogP contribution in [0.15, 0.2) is 47.5 Å². The molecule has 0 fully saturated rings. The van der Waals surface area contributed by atoms with Gasteiger partial charge in [0.25, 0.3) is 0 Å². The zero-order valence-electron chi connectivity index (χ0n) is 15.6. The van der Waals surface area contributed by atoms with Gasteiger partial charge in [0, 0.05) is 13.1 Å². The molecule has 6 heteroatoms. The molecule has 0 atom stereocenters. The summed E-state index contributed by atoms with van der Waals surface area (Å²) in [4.78, 5) is 4.59. The van der Waals surface area contributed by atoms with Crippen LogP contribution >= 0.6 is 24.0 Å². The Morgan fingerprint density at radius 2 is 1.81 bits per heavy atom. The van der Waals surface area contributed by atoms with Crippen LogP contribution in [-0.2, 0) is 19.5 Å². The zero-order chi connectivity index (χ0) is 18.1. The maximum atomic E-state index is 9.86. The number of aryl methyl sites for hydroxylation is 1. The summed E-state index contributed by atoms with van der Waals surface area (Å²) in [6, 6.07) is 13.7. The number of nitrogens with one attached hydrogen (secondary N) is 2. The summed E-state index contributed by atoms with van der Waals surface area (Å²) in [7, 11) is 1.54. The number of phenols is 1. The molecule has 0 amide bonds. The highest BCUT2D eigenvalue weighted by Gasteiger charge is 2.04. The van der Waals surface area contributed by atoms with Crippen molar-refractivity contribution in [3.63, 3.8) is 0 Å². The lowest BCUT2D eigenvalue weighted by molar-refractivity contribution is 0.373. The Morgan fingerprint density at radius 1 is 1.08 bits per heavy atom. The molecule has 0 saturated heterocycles. The van der Waals surface area contributed by atoms with Crippen molar-refractivity contribution in [3.8, 4) is 11.5 Å². The second-order valence-electron chi connectivity index (χ2n) is 5.68. The molecule has 2 rings (SSSR count). The van der Waals surface area contributed by atoms with E-state index < -0.39 is 0 Å². The third-order valence-corrected chi connectivity index (χ3v) is 3.95. The number of phenolic OH excluding ortho intramolecular Hbond substituents is 1. The van der Waals surface area contributed by atoms with Gasteiger partial charge in [0.1, 0.15) is 0 Å². The number of aromatic hydroxyl groups is 1. The van der Waals surface area contributed by atoms with Crippen molar-refractivity contribution in [3.05, 3.63) is 59.2 Å². The van der Waals surface area contributed by atoms with Gasteiger partial charge in [-0.3, -0.25) is 0 Å². The number of hydrogen-bond acceptors (Lipinski definition) is 3. The first-order valence-corrected chi connectivity index (χ1v) is 8.62. The third kappa shape index (κ3) is 6.40. The lowest BCUT2D eigenvalue weighted by atomic mass is 10.1. The number of guanidine groups is 1. The van der Waals surface area contributed by atoms with Crippen molar-refractivity contribution in [2.45, 2.75) is 33.4 Å². The molecule has 0 aliphatic heterocycles. The van der Waals surface area contributed by atoms with Crippen molar-refractivity contribution in [1.29, 1.82) is 0 Å². The van der Waals surface area contributed by atoms with Crippen molar-refractivity contribution in [2.24, 2.45) is 4.99 Å². The average molecular weight is 469 g/mol. The highest BCUT2D eigenvalue weighted by Crippen LogP contribution is 2.26. The second kappa shape index (κ2) is 11.6. The molecule has 142 valence electrons. The Bertz CT molecular complexity index is 720. The fraction of sp³-hybridized carbons (Fsp3) is 0.350. The van der Waals surface area contributed by atoms with E-state index in [0.717, 1.165) is 31.0 Å². The van der Waals surface area contributed by atoms with E-state index in [1.807, 2.05) is 13.0 Å². The monoisotopic (exact) mass is 469 g/mol. The van der Waals surface area contributed by atoms with Crippen LogP contribution in [-0.4, -0.2) is 24.7 Å². The van der Waals surface area contributed by atoms with Crippen LogP contribution in [0, 0.1) is 0 Å². The van der Waals surface area contributed by atoms with Crippen molar-refractivity contribution >= 4 is 29.9 Å². The van der Waals surface area contributed by atoms with Crippen molar-refractivity contribution in [1.82, 2.24) is 10.6 Å². The van der Waals surface area contributed by atoms with E-state index in [2.05, 4.69) is 46.8 Å². The van der Waals surface area contributed by atoms with E-state index in [-0.39, 0.29) is 29.7 Å². The summed E-state index contributed by atoms with van der Waals surface area (Å²) in [5, 5.41) is 16.5. The molecular formula is C20H28IN3O2. The number of benzene rings is 2. The van der Waals surface area contributed by atoms with Crippen LogP contribution in [0.2, 0.25) is 0 Å². The summed E-state index contributed by atoms with van der Waals surface area (Å²) >= 11 is 0. The second-order valence-corrected chi connectivity index (χ2v) is 5.68. The maximum Gasteiger partial charge on any atom is 0.191 e. The number of methoxy groups -OCH3 is 1. The Kier molecular flexibility index (Phi) is 9.87. The first-order chi connectivity index (χ1) is 12.2. The van der Waals surface area contributed by atoms with Gasteiger partial charge in [0.15, 0.2) is 17.5 Å². The SMILES string of the molecule is CCNC(=NCc1ccc(OC)c(O)c1)NCc1ccccc1CC.I. The Morgan fingerprint density at radius 3 is 2.42 bits per heavy atom. The van der Waals surface area contributed by atoms with E-state index in [9.17, 15) is 5.11 Å². The fourth-order valence-electron chi connectivity index (χ4n) is 2.60. The molecule has 0 aromatic heterocycles. The number of halogens is 1. The Labute approximate surface area is 172 Å². The standard InChI is InChI=1S/C20H27N3O2.HI/c1-4-16-8-6-7-9-17(16)14-23-20(21-5-2)22-13-15-10-11-19(25-3)18(24)12-15;/h6-12,24H,4-5,13-14H2,1-3H3,(H2,21,22,23);1H. The predicted molar refractivity (Wildman–Crippen MR) is 118 cm³/mol. The van der Waals surface area contributed by atoms with Crippen LogP contribution in [0.5, 0.6) is 11.5 Å². The molecule has 2 aromatic carbocycles. The number of ether oxygens (including phenoxy) is 1. The lowest BCUT2D eigenvalue weighted by Crippen LogP contribution is -2.37. The molecule has 2 aromatic rings. The van der Waals surface area contributed by atoms with E-state index in [1.165, 1.54) is 18.2 Å². The third-order valence-electron chi connectivity index (χ3n) is 3.95. The van der Waals surface area contributed by atoms with Crippen molar-refractivity contribution < 1.29 is 9.84 Å². The van der Waals surface area contributed by atoms with Gasteiger partial charge in [-0.2, -0.15) is 0 Å². The van der Waals surface area contributed by atoms with E-state index in [1.54, 1.807) is 12.1 Å². The molecule has 0 spiro atoms. The topological polar surface area (TPSA) is 65.9 Å². The van der Waals surface area contributed by atoms with Gasteiger partial charge >= 0.3 is 0 Å². The zero-order valence-corrected chi connectivity index (χ0v) is 17.9. The largest absolute Gasteiger partial charge is 0.504 e. The molecule has 0 unspecified atom stereocenters. The molecule has 0 heterocycles. The predicted octanol–water partition coefficient (Wildman–Crippen LogP) is 3.84. The molecule has 5 nitrogen and oxygen atoms in total. The van der Waals surface area contributed by atoms with Crippen LogP contribution in [0.3, 0.4) is 0 Å². The highest BCUT2D eigenvalue weighted by molar-refractivity contribution is 14.0. The van der Waals surface area contributed by atoms with Gasteiger partial charge in [-0.25, -0.2) is 4.99 Å². The lowest BCUT2D eigenvalue weighted by Gasteiger charge is -2.13. The number of aliphatic imine (C=N–C) groups is 1. The first kappa shape index (κ1) is 22.1. The molecule has 26 heavy (non-hydrogen) atoms.